The molecule has 0 aliphatic rings. The van der Waals surface area contributed by atoms with Crippen LogP contribution in [0, 0.1) is 37.7 Å². The van der Waals surface area contributed by atoms with Crippen molar-refractivity contribution in [2.24, 2.45) is 0 Å². The summed E-state index contributed by atoms with van der Waals surface area (Å²) in [6.07, 6.45) is -1.83. The van der Waals surface area contributed by atoms with Gasteiger partial charge in [0.25, 0.3) is 0 Å². The van der Waals surface area contributed by atoms with E-state index < -0.39 is 6.16 Å². The predicted octanol–water partition coefficient (Wildman–Crippen LogP) is 0.0666. The molecule has 0 aliphatic heterocycles. The Bertz CT molecular complexity index is 40.3. The molecule has 0 saturated carbocycles. The Kier molecular flexibility index (Phi) is 25.9. The van der Waals surface area contributed by atoms with Crippen molar-refractivity contribution >= 4 is 43.9 Å². The number of carboxylic acid groups (broad SMARTS) is 2. The maximum Gasteiger partial charge on any atom is 2.00 e. The van der Waals surface area contributed by atoms with E-state index in [1.165, 1.54) is 0 Å². The molecule has 36 valence electrons. The van der Waals surface area contributed by atoms with Gasteiger partial charge in [-0.05, 0) is 0 Å². The van der Waals surface area contributed by atoms with Crippen LogP contribution >= 0.6 is 0 Å². The number of carbonyl (C=O) groups is 1. The van der Waals surface area contributed by atoms with Gasteiger partial charge >= 0.3 is 43.9 Å². The number of hydrogen-bond acceptors (Lipinski definition) is 1. The largest absolute Gasteiger partial charge is 2.00 e. The molecule has 0 rings (SSSR count). The van der Waals surface area contributed by atoms with Crippen molar-refractivity contribution in [2.45, 2.75) is 0 Å². The standard InChI is InChI=1S/CH2O3.Ar.Ca.2H/c2-1(3)4;;;;/h(H2,2,3,4);;;;/q;;+2;2*-1. The average Bonchev–Trinajstić information content (AvgIpc) is 0.811. The van der Waals surface area contributed by atoms with Crippen molar-refractivity contribution < 1.29 is 55.6 Å². The third-order valence-electron chi connectivity index (χ3n) is 0. The van der Waals surface area contributed by atoms with Crippen molar-refractivity contribution in [2.75, 3.05) is 0 Å². The van der Waals surface area contributed by atoms with Gasteiger partial charge in [0.2, 0.25) is 0 Å². The van der Waals surface area contributed by atoms with Gasteiger partial charge < -0.3 is 13.1 Å². The van der Waals surface area contributed by atoms with Crippen molar-refractivity contribution in [3.8, 4) is 0 Å². The molecule has 5 heteroatoms. The van der Waals surface area contributed by atoms with E-state index in [0.29, 0.717) is 0 Å². The first-order valence-corrected chi connectivity index (χ1v) is 0.651. The van der Waals surface area contributed by atoms with Crippen molar-refractivity contribution in [3.63, 3.8) is 0 Å². The molecule has 0 radical (unpaired) electrons. The van der Waals surface area contributed by atoms with Crippen molar-refractivity contribution in [1.29, 1.82) is 0 Å². The van der Waals surface area contributed by atoms with E-state index in [4.69, 9.17) is 15.0 Å². The van der Waals surface area contributed by atoms with Crippen LogP contribution in [0.2, 0.25) is 0 Å². The van der Waals surface area contributed by atoms with Gasteiger partial charge in [0.15, 0.2) is 0 Å². The molecule has 0 amide bonds. The molecular weight excluding hydrogens is 140 g/mol. The summed E-state index contributed by atoms with van der Waals surface area (Å²) in [5, 5.41) is 13.9. The third kappa shape index (κ3) is 41.5. The topological polar surface area (TPSA) is 57.5 Å². The normalized spacial score (nSPS) is 4.00. The van der Waals surface area contributed by atoms with Crippen LogP contribution in [-0.2, 0) is 0 Å². The summed E-state index contributed by atoms with van der Waals surface area (Å²) in [7, 11) is 0. The molecule has 2 N–H and O–H groups in total. The van der Waals surface area contributed by atoms with E-state index in [1.807, 2.05) is 0 Å². The van der Waals surface area contributed by atoms with Gasteiger partial charge in [-0.15, -0.1) is 0 Å². The zero-order valence-corrected chi connectivity index (χ0v) is 5.78. The van der Waals surface area contributed by atoms with Gasteiger partial charge in [-0.2, -0.15) is 0 Å². The van der Waals surface area contributed by atoms with Crippen molar-refractivity contribution in [1.82, 2.24) is 0 Å². The molecule has 6 heavy (non-hydrogen) atoms. The second-order valence-corrected chi connectivity index (χ2v) is 0.283. The van der Waals surface area contributed by atoms with Gasteiger partial charge in [0, 0.05) is 37.7 Å². The zero-order valence-electron chi connectivity index (χ0n) is 4.86. The summed E-state index contributed by atoms with van der Waals surface area (Å²) in [5.74, 6) is 0. The Morgan fingerprint density at radius 3 is 1.50 bits per heavy atom. The molecule has 0 atom stereocenters. The first kappa shape index (κ1) is 15.7. The second kappa shape index (κ2) is 9.92. The van der Waals surface area contributed by atoms with Crippen LogP contribution in [0.5, 0.6) is 0 Å². The molecule has 0 aliphatic carbocycles. The molecule has 0 bridgehead atoms. The van der Waals surface area contributed by atoms with Crippen LogP contribution in [0.15, 0.2) is 0 Å². The van der Waals surface area contributed by atoms with Crippen LogP contribution in [-0.4, -0.2) is 54.1 Å². The minimum Gasteiger partial charge on any atom is -1.00 e. The van der Waals surface area contributed by atoms with Gasteiger partial charge in [-0.25, -0.2) is 4.79 Å². The zero-order chi connectivity index (χ0) is 3.58. The summed E-state index contributed by atoms with van der Waals surface area (Å²) in [4.78, 5) is 8.56. The second-order valence-electron chi connectivity index (χ2n) is 0.283. The molecule has 0 aromatic heterocycles. The Labute approximate surface area is 97.7 Å². The van der Waals surface area contributed by atoms with Crippen LogP contribution in [0.1, 0.15) is 2.85 Å². The number of hydrogen-bond donors (Lipinski definition) is 2. The van der Waals surface area contributed by atoms with E-state index in [2.05, 4.69) is 0 Å². The Balaban J connectivity index is -0.00000000750. The fourth-order valence-electron chi connectivity index (χ4n) is 0. The molecule has 0 heterocycles. The maximum absolute atomic E-state index is 8.56. The van der Waals surface area contributed by atoms with E-state index in [-0.39, 0.29) is 78.3 Å². The number of rotatable bonds is 0. The summed E-state index contributed by atoms with van der Waals surface area (Å²) in [5.41, 5.74) is 0. The van der Waals surface area contributed by atoms with Gasteiger partial charge in [0.1, 0.15) is 0 Å². The minimum absolute atomic E-state index is 0. The monoisotopic (exact) mass is 144 g/mol. The molecule has 3 nitrogen and oxygen atoms in total. The molecule has 0 aromatic carbocycles. The Morgan fingerprint density at radius 2 is 1.50 bits per heavy atom. The van der Waals surface area contributed by atoms with Gasteiger partial charge in [-0.1, -0.05) is 0 Å². The molecular formula is CH4ArCaO3. The summed E-state index contributed by atoms with van der Waals surface area (Å²) in [6, 6.07) is 0. The van der Waals surface area contributed by atoms with Crippen LogP contribution < -0.4 is 0 Å². The maximum atomic E-state index is 8.56. The summed E-state index contributed by atoms with van der Waals surface area (Å²) in [6.45, 7) is 0. The Hall–Kier alpha value is 1.79. The fraction of sp³-hybridized carbons (Fsp3) is 0. The van der Waals surface area contributed by atoms with Crippen molar-refractivity contribution in [3.05, 3.63) is 0 Å². The summed E-state index contributed by atoms with van der Waals surface area (Å²) < 4.78 is 0. The van der Waals surface area contributed by atoms with Crippen LogP contribution in [0.4, 0.5) is 4.79 Å². The predicted molar refractivity (Wildman–Crippen MR) is 18.6 cm³/mol. The molecule has 0 spiro atoms. The fourth-order valence-corrected chi connectivity index (χ4v) is 0. The van der Waals surface area contributed by atoms with Crippen LogP contribution in [0.25, 0.3) is 0 Å². The van der Waals surface area contributed by atoms with E-state index in [1.54, 1.807) is 0 Å². The quantitative estimate of drug-likeness (QED) is 0.473. The van der Waals surface area contributed by atoms with Gasteiger partial charge in [-0.3, -0.25) is 0 Å². The van der Waals surface area contributed by atoms with E-state index in [0.717, 1.165) is 0 Å². The van der Waals surface area contributed by atoms with Gasteiger partial charge in [0.05, 0.1) is 0 Å². The third-order valence-corrected chi connectivity index (χ3v) is 0. The smallest absolute Gasteiger partial charge is 1.00 e. The SMILES string of the molecule is O=C(O)O.[Ar].[Ca+2].[H-].[H-]. The first-order valence-electron chi connectivity index (χ1n) is 0.651. The van der Waals surface area contributed by atoms with E-state index >= 15 is 0 Å². The average molecular weight is 144 g/mol. The molecule has 0 saturated heterocycles. The molecule has 0 fully saturated rings. The minimum atomic E-state index is -1.83. The van der Waals surface area contributed by atoms with E-state index in [9.17, 15) is 0 Å². The van der Waals surface area contributed by atoms with Crippen LogP contribution in [0.3, 0.4) is 0 Å². The summed E-state index contributed by atoms with van der Waals surface area (Å²) >= 11 is 0. The molecule has 0 unspecified atom stereocenters. The Morgan fingerprint density at radius 1 is 1.50 bits per heavy atom. The first-order chi connectivity index (χ1) is 1.73. The molecule has 0 aromatic rings.